The molecule has 0 radical (unpaired) electrons. The Labute approximate surface area is 179 Å². The van der Waals surface area contributed by atoms with Gasteiger partial charge in [0.2, 0.25) is 11.9 Å². The molecule has 1 aliphatic heterocycles. The number of imidazole rings is 1. The molecule has 0 spiro atoms. The number of carbonyl (C=O) groups excluding carboxylic acids is 1. The molecular formula is C20H22ClN7O2. The third-order valence-corrected chi connectivity index (χ3v) is 5.23. The van der Waals surface area contributed by atoms with E-state index < -0.39 is 6.09 Å². The van der Waals surface area contributed by atoms with Crippen molar-refractivity contribution in [1.82, 2.24) is 24.5 Å². The van der Waals surface area contributed by atoms with Crippen molar-refractivity contribution >= 4 is 29.6 Å². The first-order valence-corrected chi connectivity index (χ1v) is 10.1. The van der Waals surface area contributed by atoms with Crippen LogP contribution in [0.2, 0.25) is 5.02 Å². The van der Waals surface area contributed by atoms with Gasteiger partial charge in [-0.05, 0) is 32.4 Å². The van der Waals surface area contributed by atoms with Crippen LogP contribution in [0, 0.1) is 6.92 Å². The number of nitrogens with one attached hydrogen (secondary N) is 1. The zero-order chi connectivity index (χ0) is 21.3. The summed E-state index contributed by atoms with van der Waals surface area (Å²) in [5, 5.41) is 3.88. The van der Waals surface area contributed by atoms with E-state index >= 15 is 0 Å². The fourth-order valence-electron chi connectivity index (χ4n) is 3.27. The molecule has 1 aliphatic rings. The van der Waals surface area contributed by atoms with Crippen LogP contribution in [-0.4, -0.2) is 43.2 Å². The summed E-state index contributed by atoms with van der Waals surface area (Å²) in [6.07, 6.45) is 3.92. The van der Waals surface area contributed by atoms with Gasteiger partial charge in [-0.3, -0.25) is 0 Å². The van der Waals surface area contributed by atoms with E-state index in [1.54, 1.807) is 13.3 Å². The summed E-state index contributed by atoms with van der Waals surface area (Å²) in [6, 6.07) is 7.29. The normalized spacial score (nSPS) is 17.1. The van der Waals surface area contributed by atoms with E-state index in [1.165, 1.54) is 4.90 Å². The molecule has 30 heavy (non-hydrogen) atoms. The highest BCUT2D eigenvalue weighted by atomic mass is 35.5. The van der Waals surface area contributed by atoms with E-state index in [0.717, 1.165) is 17.8 Å². The Kier molecular flexibility index (Phi) is 5.54. The largest absolute Gasteiger partial charge is 0.447 e. The number of nitrogens with zero attached hydrogens (tertiary/aromatic N) is 6. The monoisotopic (exact) mass is 427 g/mol. The van der Waals surface area contributed by atoms with E-state index in [1.807, 2.05) is 48.9 Å². The lowest BCUT2D eigenvalue weighted by Crippen LogP contribution is -2.34. The average Bonchev–Trinajstić information content (AvgIpc) is 3.34. The third kappa shape index (κ3) is 3.93. The van der Waals surface area contributed by atoms with E-state index in [-0.39, 0.29) is 18.0 Å². The van der Waals surface area contributed by atoms with Crippen molar-refractivity contribution in [3.8, 4) is 5.69 Å². The molecule has 3 aromatic rings. The molecule has 0 saturated carbocycles. The summed E-state index contributed by atoms with van der Waals surface area (Å²) in [5.41, 5.74) is 1.64. The Bertz CT molecular complexity index is 1070. The van der Waals surface area contributed by atoms with Gasteiger partial charge in [0, 0.05) is 6.20 Å². The molecule has 0 unspecified atom stereocenters. The lowest BCUT2D eigenvalue weighted by atomic mass is 10.2. The zero-order valence-electron chi connectivity index (χ0n) is 16.9. The SMILES string of the molecule is CC[C@H]1COC(=O)N1c1nc(C)nc(N[C@@H](C)c2cn(-c3ccccc3Cl)cn2)n1. The predicted molar refractivity (Wildman–Crippen MR) is 113 cm³/mol. The fraction of sp³-hybridized carbons (Fsp3) is 0.350. The van der Waals surface area contributed by atoms with Crippen molar-refractivity contribution in [3.63, 3.8) is 0 Å². The molecule has 1 N–H and O–H groups in total. The van der Waals surface area contributed by atoms with Gasteiger partial charge < -0.3 is 14.6 Å². The zero-order valence-corrected chi connectivity index (χ0v) is 17.7. The lowest BCUT2D eigenvalue weighted by Gasteiger charge is -2.19. The second kappa shape index (κ2) is 8.27. The number of carbonyl (C=O) groups is 1. The van der Waals surface area contributed by atoms with Crippen molar-refractivity contribution in [2.45, 2.75) is 39.3 Å². The maximum Gasteiger partial charge on any atom is 0.417 e. The van der Waals surface area contributed by atoms with Crippen LogP contribution in [0.3, 0.4) is 0 Å². The maximum absolute atomic E-state index is 12.1. The average molecular weight is 428 g/mol. The summed E-state index contributed by atoms with van der Waals surface area (Å²) in [5.74, 6) is 1.16. The highest BCUT2D eigenvalue weighted by molar-refractivity contribution is 6.32. The van der Waals surface area contributed by atoms with Gasteiger partial charge in [-0.25, -0.2) is 14.7 Å². The second-order valence-electron chi connectivity index (χ2n) is 7.04. The summed E-state index contributed by atoms with van der Waals surface area (Å²) in [7, 11) is 0. The minimum atomic E-state index is -0.440. The Hall–Kier alpha value is -3.20. The van der Waals surface area contributed by atoms with Crippen molar-refractivity contribution in [3.05, 3.63) is 53.3 Å². The van der Waals surface area contributed by atoms with Crippen molar-refractivity contribution in [2.75, 3.05) is 16.8 Å². The van der Waals surface area contributed by atoms with E-state index in [2.05, 4.69) is 25.3 Å². The third-order valence-electron chi connectivity index (χ3n) is 4.91. The molecule has 0 bridgehead atoms. The van der Waals surface area contributed by atoms with Gasteiger partial charge in [-0.15, -0.1) is 0 Å². The Morgan fingerprint density at radius 3 is 2.87 bits per heavy atom. The molecule has 2 aromatic heterocycles. The van der Waals surface area contributed by atoms with Crippen LogP contribution in [-0.2, 0) is 4.74 Å². The molecule has 1 saturated heterocycles. The molecule has 3 heterocycles. The highest BCUT2D eigenvalue weighted by Crippen LogP contribution is 2.25. The van der Waals surface area contributed by atoms with Crippen LogP contribution < -0.4 is 10.2 Å². The fourth-order valence-corrected chi connectivity index (χ4v) is 3.50. The molecule has 2 atom stereocenters. The Morgan fingerprint density at radius 2 is 2.10 bits per heavy atom. The van der Waals surface area contributed by atoms with Crippen LogP contribution >= 0.6 is 11.6 Å². The van der Waals surface area contributed by atoms with Gasteiger partial charge in [0.25, 0.3) is 0 Å². The van der Waals surface area contributed by atoms with E-state index in [9.17, 15) is 4.79 Å². The van der Waals surface area contributed by atoms with Crippen LogP contribution in [0.4, 0.5) is 16.7 Å². The molecule has 4 rings (SSSR count). The van der Waals surface area contributed by atoms with Gasteiger partial charge >= 0.3 is 6.09 Å². The molecule has 1 amide bonds. The summed E-state index contributed by atoms with van der Waals surface area (Å²) in [6.45, 7) is 6.04. The number of aromatic nitrogens is 5. The summed E-state index contributed by atoms with van der Waals surface area (Å²) in [4.78, 5) is 31.2. The Balaban J connectivity index is 1.55. The van der Waals surface area contributed by atoms with E-state index in [0.29, 0.717) is 23.4 Å². The molecule has 0 aliphatic carbocycles. The van der Waals surface area contributed by atoms with Crippen LogP contribution in [0.15, 0.2) is 36.8 Å². The topological polar surface area (TPSA) is 98.1 Å². The number of halogens is 1. The van der Waals surface area contributed by atoms with E-state index in [4.69, 9.17) is 16.3 Å². The molecule has 1 fully saturated rings. The van der Waals surface area contributed by atoms with Gasteiger partial charge in [0.15, 0.2) is 0 Å². The Morgan fingerprint density at radius 1 is 1.30 bits per heavy atom. The smallest absolute Gasteiger partial charge is 0.417 e. The van der Waals surface area contributed by atoms with Gasteiger partial charge in [-0.1, -0.05) is 30.7 Å². The van der Waals surface area contributed by atoms with Crippen molar-refractivity contribution in [1.29, 1.82) is 0 Å². The molecule has 156 valence electrons. The number of anilines is 2. The quantitative estimate of drug-likeness (QED) is 0.636. The molecule has 10 heteroatoms. The number of cyclic esters (lactones) is 1. The highest BCUT2D eigenvalue weighted by Gasteiger charge is 2.35. The standard InChI is InChI=1S/C20H22ClN7O2/c1-4-14-10-30-20(29)28(14)19-25-13(3)24-18(26-19)23-12(2)16-9-27(11-22-16)17-8-6-5-7-15(17)21/h5-9,11-12,14H,4,10H2,1-3H3,(H,23,24,25,26)/t12-,14-/m0/s1. The second-order valence-corrected chi connectivity index (χ2v) is 7.45. The summed E-state index contributed by atoms with van der Waals surface area (Å²) < 4.78 is 7.02. The first kappa shape index (κ1) is 20.1. The number of rotatable bonds is 6. The van der Waals surface area contributed by atoms with Crippen molar-refractivity contribution in [2.24, 2.45) is 0 Å². The van der Waals surface area contributed by atoms with Crippen molar-refractivity contribution < 1.29 is 9.53 Å². The number of benzene rings is 1. The molecule has 9 nitrogen and oxygen atoms in total. The van der Waals surface area contributed by atoms with Crippen LogP contribution in [0.1, 0.15) is 37.8 Å². The molecular weight excluding hydrogens is 406 g/mol. The first-order chi connectivity index (χ1) is 14.5. The number of hydrogen-bond acceptors (Lipinski definition) is 7. The number of aryl methyl sites for hydroxylation is 1. The first-order valence-electron chi connectivity index (χ1n) is 9.70. The van der Waals surface area contributed by atoms with Crippen LogP contribution in [0.25, 0.3) is 5.69 Å². The predicted octanol–water partition coefficient (Wildman–Crippen LogP) is 3.93. The molecule has 1 aromatic carbocycles. The number of hydrogen-bond donors (Lipinski definition) is 1. The minimum Gasteiger partial charge on any atom is -0.447 e. The van der Waals surface area contributed by atoms with Gasteiger partial charge in [-0.2, -0.15) is 15.0 Å². The summed E-state index contributed by atoms with van der Waals surface area (Å²) >= 11 is 6.28. The van der Waals surface area contributed by atoms with Gasteiger partial charge in [0.1, 0.15) is 12.4 Å². The lowest BCUT2D eigenvalue weighted by molar-refractivity contribution is 0.178. The number of para-hydroxylation sites is 1. The minimum absolute atomic E-state index is 0.0871. The van der Waals surface area contributed by atoms with Crippen LogP contribution in [0.5, 0.6) is 0 Å². The maximum atomic E-state index is 12.1. The number of amides is 1. The van der Waals surface area contributed by atoms with Gasteiger partial charge in [0.05, 0.1) is 34.8 Å². The number of ether oxygens (including phenoxy) is 1.